The first kappa shape index (κ1) is 14.1. The van der Waals surface area contributed by atoms with Crippen LogP contribution in [0.3, 0.4) is 0 Å². The third kappa shape index (κ3) is 2.77. The maximum atomic E-state index is 12.3. The highest BCUT2D eigenvalue weighted by Gasteiger charge is 2.20. The van der Waals surface area contributed by atoms with Gasteiger partial charge in [0.25, 0.3) is 5.91 Å². The molecule has 1 aliphatic carbocycles. The van der Waals surface area contributed by atoms with Crippen LogP contribution in [0.2, 0.25) is 0 Å². The molecule has 4 rings (SSSR count). The Labute approximate surface area is 137 Å². The standard InChI is InChI=1S/C17H15N3O2S/c1-10-5-7-11(8-6-10)13-9-14(22-20-13)16(21)19-17-18-12-3-2-4-15(12)23-17/h5-9H,2-4H2,1H3,(H,18,19,21). The zero-order valence-electron chi connectivity index (χ0n) is 12.6. The molecule has 1 aliphatic rings. The van der Waals surface area contributed by atoms with Gasteiger partial charge in [-0.3, -0.25) is 10.1 Å². The number of rotatable bonds is 3. The minimum atomic E-state index is -0.316. The molecule has 1 N–H and O–H groups in total. The molecular formula is C17H15N3O2S. The van der Waals surface area contributed by atoms with Crippen LogP contribution in [0.1, 0.15) is 33.1 Å². The largest absolute Gasteiger partial charge is 0.350 e. The lowest BCUT2D eigenvalue weighted by Crippen LogP contribution is -2.10. The minimum absolute atomic E-state index is 0.191. The Kier molecular flexibility index (Phi) is 3.46. The molecule has 0 bridgehead atoms. The van der Waals surface area contributed by atoms with E-state index in [-0.39, 0.29) is 11.7 Å². The second-order valence-corrected chi connectivity index (χ2v) is 6.72. The van der Waals surface area contributed by atoms with Gasteiger partial charge in [-0.2, -0.15) is 0 Å². The highest BCUT2D eigenvalue weighted by molar-refractivity contribution is 7.15. The summed E-state index contributed by atoms with van der Waals surface area (Å²) in [6, 6.07) is 9.57. The van der Waals surface area contributed by atoms with E-state index in [1.807, 2.05) is 31.2 Å². The van der Waals surface area contributed by atoms with Crippen LogP contribution in [-0.2, 0) is 12.8 Å². The first-order valence-electron chi connectivity index (χ1n) is 7.53. The fourth-order valence-corrected chi connectivity index (χ4v) is 3.69. The summed E-state index contributed by atoms with van der Waals surface area (Å²) in [5.74, 6) is -0.126. The summed E-state index contributed by atoms with van der Waals surface area (Å²) in [6.45, 7) is 2.02. The maximum Gasteiger partial charge on any atom is 0.296 e. The van der Waals surface area contributed by atoms with Gasteiger partial charge in [0.2, 0.25) is 5.76 Å². The lowest BCUT2D eigenvalue weighted by molar-refractivity contribution is 0.0988. The van der Waals surface area contributed by atoms with Gasteiger partial charge in [0.15, 0.2) is 5.13 Å². The third-order valence-corrected chi connectivity index (χ3v) is 4.97. The monoisotopic (exact) mass is 325 g/mol. The Balaban J connectivity index is 1.51. The number of benzene rings is 1. The molecule has 5 nitrogen and oxygen atoms in total. The third-order valence-electron chi connectivity index (χ3n) is 3.90. The highest BCUT2D eigenvalue weighted by Crippen LogP contribution is 2.30. The van der Waals surface area contributed by atoms with Crippen molar-refractivity contribution in [3.8, 4) is 11.3 Å². The number of aryl methyl sites for hydroxylation is 3. The molecule has 0 saturated heterocycles. The average molecular weight is 325 g/mol. The van der Waals surface area contributed by atoms with Crippen LogP contribution >= 0.6 is 11.3 Å². The second-order valence-electron chi connectivity index (χ2n) is 5.64. The Morgan fingerprint density at radius 2 is 2.09 bits per heavy atom. The van der Waals surface area contributed by atoms with Crippen molar-refractivity contribution in [3.63, 3.8) is 0 Å². The number of amides is 1. The van der Waals surface area contributed by atoms with Crippen molar-refractivity contribution in [1.29, 1.82) is 0 Å². The van der Waals surface area contributed by atoms with Crippen molar-refractivity contribution < 1.29 is 9.32 Å². The number of anilines is 1. The van der Waals surface area contributed by atoms with Gasteiger partial charge in [0, 0.05) is 16.5 Å². The number of hydrogen-bond acceptors (Lipinski definition) is 5. The van der Waals surface area contributed by atoms with Crippen LogP contribution in [0, 0.1) is 6.92 Å². The maximum absolute atomic E-state index is 12.3. The Bertz CT molecular complexity index is 843. The summed E-state index contributed by atoms with van der Waals surface area (Å²) in [5, 5.41) is 7.40. The predicted octanol–water partition coefficient (Wildman–Crippen LogP) is 3.85. The van der Waals surface area contributed by atoms with E-state index in [0.717, 1.165) is 30.5 Å². The van der Waals surface area contributed by atoms with Crippen LogP contribution in [0.15, 0.2) is 34.9 Å². The minimum Gasteiger partial charge on any atom is -0.350 e. The number of hydrogen-bond donors (Lipinski definition) is 1. The fraction of sp³-hybridized carbons (Fsp3) is 0.235. The lowest BCUT2D eigenvalue weighted by Gasteiger charge is -1.97. The van der Waals surface area contributed by atoms with Gasteiger partial charge in [-0.15, -0.1) is 11.3 Å². The van der Waals surface area contributed by atoms with Gasteiger partial charge >= 0.3 is 0 Å². The van der Waals surface area contributed by atoms with Gasteiger partial charge in [0.05, 0.1) is 5.69 Å². The number of fused-ring (bicyclic) bond motifs is 1. The van der Waals surface area contributed by atoms with Crippen LogP contribution < -0.4 is 5.32 Å². The molecule has 23 heavy (non-hydrogen) atoms. The van der Waals surface area contributed by atoms with E-state index in [0.29, 0.717) is 10.8 Å². The second kappa shape index (κ2) is 5.62. The van der Waals surface area contributed by atoms with Gasteiger partial charge in [-0.05, 0) is 26.2 Å². The summed E-state index contributed by atoms with van der Waals surface area (Å²) < 4.78 is 5.18. The Morgan fingerprint density at radius 3 is 2.87 bits per heavy atom. The van der Waals surface area contributed by atoms with E-state index in [1.54, 1.807) is 17.4 Å². The molecule has 0 fully saturated rings. The molecule has 1 amide bonds. The number of thiazole rings is 1. The zero-order chi connectivity index (χ0) is 15.8. The molecule has 0 saturated carbocycles. The number of carbonyl (C=O) groups is 1. The van der Waals surface area contributed by atoms with Crippen molar-refractivity contribution in [2.75, 3.05) is 5.32 Å². The van der Waals surface area contributed by atoms with Crippen molar-refractivity contribution in [2.45, 2.75) is 26.2 Å². The molecular weight excluding hydrogens is 310 g/mol. The molecule has 0 aliphatic heterocycles. The topological polar surface area (TPSA) is 68.0 Å². The summed E-state index contributed by atoms with van der Waals surface area (Å²) in [7, 11) is 0. The van der Waals surface area contributed by atoms with Gasteiger partial charge < -0.3 is 4.52 Å². The quantitative estimate of drug-likeness (QED) is 0.794. The lowest BCUT2D eigenvalue weighted by atomic mass is 10.1. The average Bonchev–Trinajstić information content (AvgIpc) is 3.22. The van der Waals surface area contributed by atoms with Gasteiger partial charge in [0.1, 0.15) is 5.69 Å². The molecule has 2 heterocycles. The molecule has 0 spiro atoms. The molecule has 116 valence electrons. The smallest absolute Gasteiger partial charge is 0.296 e. The predicted molar refractivity (Wildman–Crippen MR) is 88.8 cm³/mol. The molecule has 3 aromatic rings. The highest BCUT2D eigenvalue weighted by atomic mass is 32.1. The number of carbonyl (C=O) groups excluding carboxylic acids is 1. The number of nitrogens with zero attached hydrogens (tertiary/aromatic N) is 2. The first-order chi connectivity index (χ1) is 11.2. The fourth-order valence-electron chi connectivity index (χ4n) is 2.65. The van der Waals surface area contributed by atoms with Crippen molar-refractivity contribution in [1.82, 2.24) is 10.1 Å². The molecule has 2 aromatic heterocycles. The normalized spacial score (nSPS) is 13.1. The van der Waals surface area contributed by atoms with Crippen LogP contribution in [0.5, 0.6) is 0 Å². The molecule has 0 radical (unpaired) electrons. The van der Waals surface area contributed by atoms with Crippen molar-refractivity contribution in [3.05, 3.63) is 52.2 Å². The summed E-state index contributed by atoms with van der Waals surface area (Å²) >= 11 is 1.54. The van der Waals surface area contributed by atoms with Crippen molar-refractivity contribution in [2.24, 2.45) is 0 Å². The van der Waals surface area contributed by atoms with Crippen LogP contribution in [0.4, 0.5) is 5.13 Å². The van der Waals surface area contributed by atoms with E-state index >= 15 is 0 Å². The van der Waals surface area contributed by atoms with E-state index in [4.69, 9.17) is 4.52 Å². The Morgan fingerprint density at radius 1 is 1.26 bits per heavy atom. The molecule has 1 aromatic carbocycles. The van der Waals surface area contributed by atoms with E-state index in [2.05, 4.69) is 15.5 Å². The molecule has 0 atom stereocenters. The van der Waals surface area contributed by atoms with Gasteiger partial charge in [-0.25, -0.2) is 4.98 Å². The molecule has 6 heteroatoms. The van der Waals surface area contributed by atoms with Crippen molar-refractivity contribution >= 4 is 22.4 Å². The number of aromatic nitrogens is 2. The summed E-state index contributed by atoms with van der Waals surface area (Å²) in [5.41, 5.74) is 3.86. The molecule has 0 unspecified atom stereocenters. The first-order valence-corrected chi connectivity index (χ1v) is 8.34. The summed E-state index contributed by atoms with van der Waals surface area (Å²) in [4.78, 5) is 18.0. The van der Waals surface area contributed by atoms with E-state index in [1.165, 1.54) is 10.4 Å². The van der Waals surface area contributed by atoms with Crippen LogP contribution in [-0.4, -0.2) is 16.0 Å². The SMILES string of the molecule is Cc1ccc(-c2cc(C(=O)Nc3nc4c(s3)CCC4)on2)cc1. The Hall–Kier alpha value is -2.47. The number of nitrogens with one attached hydrogen (secondary N) is 1. The van der Waals surface area contributed by atoms with Gasteiger partial charge in [-0.1, -0.05) is 35.0 Å². The zero-order valence-corrected chi connectivity index (χ0v) is 13.4. The summed E-state index contributed by atoms with van der Waals surface area (Å²) in [6.07, 6.45) is 3.22. The van der Waals surface area contributed by atoms with E-state index in [9.17, 15) is 4.79 Å². The van der Waals surface area contributed by atoms with E-state index < -0.39 is 0 Å². The van der Waals surface area contributed by atoms with Crippen LogP contribution in [0.25, 0.3) is 11.3 Å².